The van der Waals surface area contributed by atoms with Gasteiger partial charge in [-0.25, -0.2) is 4.98 Å². The maximum absolute atomic E-state index is 11.8. The van der Waals surface area contributed by atoms with Crippen LogP contribution in [0.25, 0.3) is 11.0 Å². The molecule has 0 saturated heterocycles. The highest BCUT2D eigenvalue weighted by atomic mass is 16.5. The van der Waals surface area contributed by atoms with Crippen molar-refractivity contribution in [3.8, 4) is 11.5 Å². The second-order valence-corrected chi connectivity index (χ2v) is 8.54. The maximum atomic E-state index is 11.8. The Hall–Kier alpha value is -3.72. The molecule has 4 rings (SSSR count). The van der Waals surface area contributed by atoms with E-state index in [4.69, 9.17) is 9.47 Å². The lowest BCUT2D eigenvalue weighted by Gasteiger charge is -2.21. The largest absolute Gasteiger partial charge is 0.488 e. The molecule has 4 N–H and O–H groups in total. The number of aliphatic hydroxyl groups is 1. The standard InChI is InChI=1S/C28H32N4O4/c1-20-28(34)32-24-13-8-14-25(27(24)31-20)35-19-22(33)18-29-15-16-30-26(17-21-9-4-2-5-10-21)36-23-11-6-3-7-12-23/h2-14,22,26,29-30,33H,15-19H2,1H3,(H,32,34). The number of aromatic amines is 1. The van der Waals surface area contributed by atoms with Gasteiger partial charge >= 0.3 is 0 Å². The van der Waals surface area contributed by atoms with E-state index in [9.17, 15) is 9.90 Å². The summed E-state index contributed by atoms with van der Waals surface area (Å²) >= 11 is 0. The van der Waals surface area contributed by atoms with E-state index >= 15 is 0 Å². The predicted molar refractivity (Wildman–Crippen MR) is 140 cm³/mol. The van der Waals surface area contributed by atoms with E-state index in [0.29, 0.717) is 42.1 Å². The number of para-hydroxylation sites is 2. The van der Waals surface area contributed by atoms with Crippen molar-refractivity contribution in [2.45, 2.75) is 25.7 Å². The zero-order valence-electron chi connectivity index (χ0n) is 20.3. The van der Waals surface area contributed by atoms with Crippen molar-refractivity contribution in [1.29, 1.82) is 0 Å². The average Bonchev–Trinajstić information content (AvgIpc) is 2.89. The van der Waals surface area contributed by atoms with E-state index < -0.39 is 6.10 Å². The molecule has 188 valence electrons. The van der Waals surface area contributed by atoms with E-state index in [2.05, 4.69) is 32.7 Å². The van der Waals surface area contributed by atoms with Crippen molar-refractivity contribution < 1.29 is 14.6 Å². The molecule has 3 aromatic carbocycles. The number of fused-ring (bicyclic) bond motifs is 1. The third-order valence-corrected chi connectivity index (χ3v) is 5.63. The first kappa shape index (κ1) is 25.4. The third-order valence-electron chi connectivity index (χ3n) is 5.63. The molecule has 2 unspecified atom stereocenters. The number of nitrogens with one attached hydrogen (secondary N) is 3. The summed E-state index contributed by atoms with van der Waals surface area (Å²) in [5.41, 5.74) is 2.51. The molecule has 1 heterocycles. The smallest absolute Gasteiger partial charge is 0.269 e. The zero-order chi connectivity index (χ0) is 25.2. The van der Waals surface area contributed by atoms with Gasteiger partial charge < -0.3 is 24.9 Å². The first-order chi connectivity index (χ1) is 17.6. The van der Waals surface area contributed by atoms with Crippen LogP contribution in [0.2, 0.25) is 0 Å². The molecule has 36 heavy (non-hydrogen) atoms. The molecular formula is C28H32N4O4. The molecule has 0 aliphatic rings. The molecule has 0 bridgehead atoms. The zero-order valence-corrected chi connectivity index (χ0v) is 20.3. The molecule has 1 aromatic heterocycles. The van der Waals surface area contributed by atoms with Crippen molar-refractivity contribution in [3.63, 3.8) is 0 Å². The van der Waals surface area contributed by atoms with Gasteiger partial charge in [-0.15, -0.1) is 0 Å². The second-order valence-electron chi connectivity index (χ2n) is 8.54. The number of hydrogen-bond donors (Lipinski definition) is 4. The normalized spacial score (nSPS) is 12.8. The number of hydrogen-bond acceptors (Lipinski definition) is 7. The number of rotatable bonds is 13. The van der Waals surface area contributed by atoms with Crippen molar-refractivity contribution in [1.82, 2.24) is 20.6 Å². The Morgan fingerprint density at radius 3 is 2.50 bits per heavy atom. The maximum Gasteiger partial charge on any atom is 0.269 e. The van der Waals surface area contributed by atoms with Crippen LogP contribution in [-0.2, 0) is 6.42 Å². The minimum absolute atomic E-state index is 0.104. The number of H-pyrrole nitrogens is 1. The van der Waals surface area contributed by atoms with Crippen LogP contribution in [0, 0.1) is 6.92 Å². The van der Waals surface area contributed by atoms with Crippen molar-refractivity contribution >= 4 is 11.0 Å². The fourth-order valence-electron chi connectivity index (χ4n) is 3.77. The molecule has 0 fully saturated rings. The van der Waals surface area contributed by atoms with Gasteiger partial charge in [-0.05, 0) is 36.8 Å². The van der Waals surface area contributed by atoms with Gasteiger partial charge in [0.15, 0.2) is 6.23 Å². The van der Waals surface area contributed by atoms with Gasteiger partial charge in [-0.1, -0.05) is 54.6 Å². The van der Waals surface area contributed by atoms with Crippen molar-refractivity contribution in [3.05, 3.63) is 100 Å². The van der Waals surface area contributed by atoms with Crippen molar-refractivity contribution in [2.24, 2.45) is 0 Å². The summed E-state index contributed by atoms with van der Waals surface area (Å²) < 4.78 is 11.9. The molecule has 8 nitrogen and oxygen atoms in total. The molecule has 0 spiro atoms. The van der Waals surface area contributed by atoms with Crippen LogP contribution in [0.3, 0.4) is 0 Å². The van der Waals surface area contributed by atoms with Gasteiger partial charge in [0.05, 0.1) is 5.52 Å². The van der Waals surface area contributed by atoms with Crippen LogP contribution in [0.1, 0.15) is 11.3 Å². The number of benzene rings is 3. The SMILES string of the molecule is Cc1nc2c(OCC(O)CNCCNC(Cc3ccccc3)Oc3ccccc3)cccc2[nH]c1=O. The van der Waals surface area contributed by atoms with Gasteiger partial charge in [-0.3, -0.25) is 10.1 Å². The predicted octanol–water partition coefficient (Wildman–Crippen LogP) is 2.80. The summed E-state index contributed by atoms with van der Waals surface area (Å²) in [5, 5.41) is 17.1. The molecular weight excluding hydrogens is 456 g/mol. The van der Waals surface area contributed by atoms with Gasteiger partial charge in [0.1, 0.15) is 35.4 Å². The molecule has 4 aromatic rings. The van der Waals surface area contributed by atoms with Crippen LogP contribution < -0.4 is 25.7 Å². The Morgan fingerprint density at radius 2 is 1.72 bits per heavy atom. The van der Waals surface area contributed by atoms with E-state index in [0.717, 1.165) is 12.2 Å². The van der Waals surface area contributed by atoms with Gasteiger partial charge in [0, 0.05) is 26.1 Å². The minimum atomic E-state index is -0.704. The molecule has 2 atom stereocenters. The Balaban J connectivity index is 1.22. The monoisotopic (exact) mass is 488 g/mol. The summed E-state index contributed by atoms with van der Waals surface area (Å²) in [6, 6.07) is 25.3. The molecule has 0 saturated carbocycles. The summed E-state index contributed by atoms with van der Waals surface area (Å²) in [6.45, 7) is 3.44. The first-order valence-electron chi connectivity index (χ1n) is 12.1. The van der Waals surface area contributed by atoms with Gasteiger partial charge in [0.25, 0.3) is 5.56 Å². The summed E-state index contributed by atoms with van der Waals surface area (Å²) in [4.78, 5) is 18.9. The summed E-state index contributed by atoms with van der Waals surface area (Å²) in [5.74, 6) is 1.34. The minimum Gasteiger partial charge on any atom is -0.488 e. The fraction of sp³-hybridized carbons (Fsp3) is 0.286. The topological polar surface area (TPSA) is 108 Å². The third kappa shape index (κ3) is 7.39. The lowest BCUT2D eigenvalue weighted by molar-refractivity contribution is 0.106. The molecule has 8 heteroatoms. The lowest BCUT2D eigenvalue weighted by atomic mass is 10.1. The molecule has 0 aliphatic carbocycles. The Morgan fingerprint density at radius 1 is 0.972 bits per heavy atom. The molecule has 0 radical (unpaired) electrons. The average molecular weight is 489 g/mol. The van der Waals surface area contributed by atoms with E-state index in [-0.39, 0.29) is 18.4 Å². The van der Waals surface area contributed by atoms with Crippen LogP contribution in [0.5, 0.6) is 11.5 Å². The van der Waals surface area contributed by atoms with Crippen LogP contribution in [-0.4, -0.2) is 53.6 Å². The number of aryl methyl sites for hydroxylation is 1. The van der Waals surface area contributed by atoms with Crippen LogP contribution in [0.15, 0.2) is 83.7 Å². The molecule has 0 aliphatic heterocycles. The Labute approximate surface area is 210 Å². The van der Waals surface area contributed by atoms with Gasteiger partial charge in [0.2, 0.25) is 0 Å². The lowest BCUT2D eigenvalue weighted by Crippen LogP contribution is -2.42. The molecule has 0 amide bonds. The quantitative estimate of drug-likeness (QED) is 0.169. The highest BCUT2D eigenvalue weighted by Gasteiger charge is 2.12. The van der Waals surface area contributed by atoms with Crippen LogP contribution in [0.4, 0.5) is 0 Å². The highest BCUT2D eigenvalue weighted by Crippen LogP contribution is 2.21. The Bertz CT molecular complexity index is 1240. The number of aromatic nitrogens is 2. The summed E-state index contributed by atoms with van der Waals surface area (Å²) in [6.07, 6.45) is -0.154. The van der Waals surface area contributed by atoms with Crippen molar-refractivity contribution in [2.75, 3.05) is 26.2 Å². The summed E-state index contributed by atoms with van der Waals surface area (Å²) in [7, 11) is 0. The van der Waals surface area contributed by atoms with E-state index in [1.807, 2.05) is 48.5 Å². The second kappa shape index (κ2) is 12.8. The van der Waals surface area contributed by atoms with E-state index in [1.165, 1.54) is 5.56 Å². The van der Waals surface area contributed by atoms with Crippen LogP contribution >= 0.6 is 0 Å². The number of aliphatic hydroxyl groups excluding tert-OH is 1. The number of nitrogens with zero attached hydrogens (tertiary/aromatic N) is 1. The fourth-order valence-corrected chi connectivity index (χ4v) is 3.77. The highest BCUT2D eigenvalue weighted by molar-refractivity contribution is 5.80. The first-order valence-corrected chi connectivity index (χ1v) is 12.1. The Kier molecular flexibility index (Phi) is 9.04. The van der Waals surface area contributed by atoms with Gasteiger partial charge in [-0.2, -0.15) is 0 Å². The van der Waals surface area contributed by atoms with E-state index in [1.54, 1.807) is 25.1 Å². The number of ether oxygens (including phenoxy) is 2.